The van der Waals surface area contributed by atoms with Crippen molar-refractivity contribution in [2.24, 2.45) is 0 Å². The third-order valence-electron chi connectivity index (χ3n) is 4.40. The third kappa shape index (κ3) is 3.83. The fourth-order valence-corrected chi connectivity index (χ4v) is 3.02. The van der Waals surface area contributed by atoms with Crippen LogP contribution in [0.5, 0.6) is 0 Å². The molecule has 0 saturated carbocycles. The molecule has 0 radical (unpaired) electrons. The topological polar surface area (TPSA) is 74.8 Å². The highest BCUT2D eigenvalue weighted by molar-refractivity contribution is 6.12. The number of Topliss-reactive ketones (excluding diaryl/α,β-unsaturated/α-hetero) is 1. The zero-order valence-electron chi connectivity index (χ0n) is 15.4. The maximum Gasteiger partial charge on any atom is 0.341 e. The molecule has 0 aliphatic rings. The fourth-order valence-electron chi connectivity index (χ4n) is 3.02. The van der Waals surface area contributed by atoms with E-state index in [0.29, 0.717) is 29.8 Å². The van der Waals surface area contributed by atoms with Crippen LogP contribution in [0.2, 0.25) is 0 Å². The molecule has 0 unspecified atom stereocenters. The predicted octanol–water partition coefficient (Wildman–Crippen LogP) is 3.30. The highest BCUT2D eigenvalue weighted by atomic mass is 16.5. The molecule has 0 aliphatic carbocycles. The van der Waals surface area contributed by atoms with Crippen LogP contribution in [0.4, 0.5) is 0 Å². The van der Waals surface area contributed by atoms with Gasteiger partial charge in [0.15, 0.2) is 5.78 Å². The van der Waals surface area contributed by atoms with Crippen molar-refractivity contribution in [2.75, 3.05) is 27.2 Å². The molecule has 2 aromatic heterocycles. The molecule has 0 aliphatic heterocycles. The number of rotatable bonds is 7. The van der Waals surface area contributed by atoms with Gasteiger partial charge in [-0.25, -0.2) is 4.79 Å². The molecule has 3 aromatic rings. The van der Waals surface area contributed by atoms with Gasteiger partial charge in [0.25, 0.3) is 0 Å². The van der Waals surface area contributed by atoms with Crippen molar-refractivity contribution in [2.45, 2.75) is 12.8 Å². The summed E-state index contributed by atoms with van der Waals surface area (Å²) in [7, 11) is 3.84. The van der Waals surface area contributed by atoms with E-state index >= 15 is 0 Å². The van der Waals surface area contributed by atoms with E-state index in [1.165, 1.54) is 0 Å². The minimum Gasteiger partial charge on any atom is -0.461 e. The molecule has 6 heteroatoms. The maximum absolute atomic E-state index is 12.7. The molecule has 138 valence electrons. The summed E-state index contributed by atoms with van der Waals surface area (Å²) >= 11 is 0. The number of pyridine rings is 1. The molecule has 1 aromatic carbocycles. The minimum absolute atomic E-state index is 0.0914. The summed E-state index contributed by atoms with van der Waals surface area (Å²) < 4.78 is 7.29. The molecule has 0 fully saturated rings. The Morgan fingerprint density at radius 1 is 1.15 bits per heavy atom. The molecule has 0 bridgehead atoms. The van der Waals surface area contributed by atoms with Crippen LogP contribution >= 0.6 is 0 Å². The number of hydrogen-bond donors (Lipinski definition) is 0. The number of aromatic nitrogens is 1. The molecule has 27 heavy (non-hydrogen) atoms. The fraction of sp³-hybridized carbons (Fsp3) is 0.286. The smallest absolute Gasteiger partial charge is 0.341 e. The summed E-state index contributed by atoms with van der Waals surface area (Å²) in [6.07, 6.45) is 2.10. The van der Waals surface area contributed by atoms with Crippen molar-refractivity contribution in [3.63, 3.8) is 0 Å². The largest absolute Gasteiger partial charge is 0.461 e. The van der Waals surface area contributed by atoms with E-state index in [2.05, 4.69) is 0 Å². The highest BCUT2D eigenvalue weighted by Gasteiger charge is 2.20. The van der Waals surface area contributed by atoms with E-state index in [1.807, 2.05) is 53.7 Å². The standard InChI is InChI=1S/C21H21N3O3/c1-23(2)12-13-27-21(26)20-16-6-3-4-7-17(16)24-14-15(9-10-18(20)24)19(25)8-5-11-22/h3-4,6-7,9-10,14H,5,8,12-13H2,1-2H3. The first-order chi connectivity index (χ1) is 13.0. The van der Waals surface area contributed by atoms with E-state index in [0.717, 1.165) is 10.9 Å². The second kappa shape index (κ2) is 8.02. The highest BCUT2D eigenvalue weighted by Crippen LogP contribution is 2.28. The molecule has 0 spiro atoms. The number of hydrogen-bond acceptors (Lipinski definition) is 5. The van der Waals surface area contributed by atoms with Crippen molar-refractivity contribution in [1.29, 1.82) is 5.26 Å². The van der Waals surface area contributed by atoms with Crippen LogP contribution in [0, 0.1) is 11.3 Å². The molecular formula is C21H21N3O3. The molecule has 0 atom stereocenters. The van der Waals surface area contributed by atoms with Gasteiger partial charge in [0, 0.05) is 36.5 Å². The average molecular weight is 363 g/mol. The monoisotopic (exact) mass is 363 g/mol. The van der Waals surface area contributed by atoms with Gasteiger partial charge >= 0.3 is 5.97 Å². The lowest BCUT2D eigenvalue weighted by molar-refractivity contribution is 0.0486. The predicted molar refractivity (Wildman–Crippen MR) is 103 cm³/mol. The lowest BCUT2D eigenvalue weighted by Gasteiger charge is -2.10. The van der Waals surface area contributed by atoms with Crippen molar-refractivity contribution < 1.29 is 14.3 Å². The number of nitriles is 1. The number of ketones is 1. The van der Waals surface area contributed by atoms with Crippen LogP contribution in [0.1, 0.15) is 33.6 Å². The summed E-state index contributed by atoms with van der Waals surface area (Å²) in [6, 6.07) is 13.0. The van der Waals surface area contributed by atoms with Crippen LogP contribution in [-0.2, 0) is 4.74 Å². The average Bonchev–Trinajstić information content (AvgIpc) is 2.99. The van der Waals surface area contributed by atoms with Crippen LogP contribution < -0.4 is 0 Å². The van der Waals surface area contributed by atoms with Gasteiger partial charge in [-0.1, -0.05) is 18.2 Å². The van der Waals surface area contributed by atoms with Gasteiger partial charge in [-0.05, 0) is 32.3 Å². The number of ether oxygens (including phenoxy) is 1. The Bertz CT molecular complexity index is 1040. The van der Waals surface area contributed by atoms with E-state index in [-0.39, 0.29) is 24.6 Å². The summed E-state index contributed by atoms with van der Waals surface area (Å²) in [5, 5.41) is 9.47. The van der Waals surface area contributed by atoms with Gasteiger partial charge in [-0.15, -0.1) is 0 Å². The molecule has 0 N–H and O–H groups in total. The SMILES string of the molecule is CN(C)CCOC(=O)c1c2ccccc2n2cc(C(=O)CCC#N)ccc12. The number of nitrogens with zero attached hydrogens (tertiary/aromatic N) is 3. The second-order valence-corrected chi connectivity index (χ2v) is 6.59. The Labute approximate surface area is 157 Å². The van der Waals surface area contributed by atoms with Crippen molar-refractivity contribution in [1.82, 2.24) is 9.30 Å². The van der Waals surface area contributed by atoms with Gasteiger partial charge < -0.3 is 14.0 Å². The van der Waals surface area contributed by atoms with E-state index < -0.39 is 0 Å². The summed E-state index contributed by atoms with van der Waals surface area (Å²) in [6.45, 7) is 0.954. The molecule has 3 rings (SSSR count). The van der Waals surface area contributed by atoms with Gasteiger partial charge in [0.1, 0.15) is 6.61 Å². The number of carbonyl (C=O) groups excluding carboxylic acids is 2. The van der Waals surface area contributed by atoms with Gasteiger partial charge in [-0.2, -0.15) is 5.26 Å². The first-order valence-electron chi connectivity index (χ1n) is 8.77. The second-order valence-electron chi connectivity index (χ2n) is 6.59. The summed E-state index contributed by atoms with van der Waals surface area (Å²) in [5.41, 5.74) is 2.55. The Morgan fingerprint density at radius 2 is 1.93 bits per heavy atom. The normalized spacial score (nSPS) is 11.0. The number of para-hydroxylation sites is 1. The first kappa shape index (κ1) is 18.6. The Morgan fingerprint density at radius 3 is 2.67 bits per heavy atom. The van der Waals surface area contributed by atoms with Crippen molar-refractivity contribution in [3.05, 3.63) is 53.7 Å². The Hall–Kier alpha value is -3.17. The molecule has 0 saturated heterocycles. The Balaban J connectivity index is 2.04. The lowest BCUT2D eigenvalue weighted by atomic mass is 10.1. The number of fused-ring (bicyclic) bond motifs is 3. The quantitative estimate of drug-likeness (QED) is 0.476. The summed E-state index contributed by atoms with van der Waals surface area (Å²) in [4.78, 5) is 26.9. The van der Waals surface area contributed by atoms with Crippen LogP contribution in [-0.4, -0.2) is 48.3 Å². The molecule has 6 nitrogen and oxygen atoms in total. The van der Waals surface area contributed by atoms with E-state index in [4.69, 9.17) is 10.00 Å². The molecule has 0 amide bonds. The third-order valence-corrected chi connectivity index (χ3v) is 4.40. The van der Waals surface area contributed by atoms with E-state index in [1.54, 1.807) is 18.3 Å². The van der Waals surface area contributed by atoms with Crippen molar-refractivity contribution >= 4 is 28.2 Å². The first-order valence-corrected chi connectivity index (χ1v) is 8.77. The number of benzene rings is 1. The van der Waals surface area contributed by atoms with Gasteiger partial charge in [0.2, 0.25) is 0 Å². The maximum atomic E-state index is 12.7. The molecule has 2 heterocycles. The number of likely N-dealkylation sites (N-methyl/N-ethyl adjacent to an activating group) is 1. The minimum atomic E-state index is -0.376. The van der Waals surface area contributed by atoms with Crippen LogP contribution in [0.15, 0.2) is 42.6 Å². The van der Waals surface area contributed by atoms with Crippen molar-refractivity contribution in [3.8, 4) is 6.07 Å². The van der Waals surface area contributed by atoms with E-state index in [9.17, 15) is 9.59 Å². The lowest BCUT2D eigenvalue weighted by Crippen LogP contribution is -2.20. The Kier molecular flexibility index (Phi) is 5.53. The number of carbonyl (C=O) groups is 2. The van der Waals surface area contributed by atoms with Gasteiger partial charge in [0.05, 0.1) is 22.7 Å². The zero-order valence-corrected chi connectivity index (χ0v) is 15.4. The number of esters is 1. The van der Waals surface area contributed by atoms with Crippen LogP contribution in [0.3, 0.4) is 0 Å². The molecular weight excluding hydrogens is 342 g/mol. The zero-order chi connectivity index (χ0) is 19.4. The van der Waals surface area contributed by atoms with Crippen LogP contribution in [0.25, 0.3) is 16.4 Å². The summed E-state index contributed by atoms with van der Waals surface area (Å²) in [5.74, 6) is -0.467. The van der Waals surface area contributed by atoms with Gasteiger partial charge in [-0.3, -0.25) is 4.79 Å².